The van der Waals surface area contributed by atoms with Crippen LogP contribution in [0.25, 0.3) is 0 Å². The van der Waals surface area contributed by atoms with Crippen molar-refractivity contribution < 1.29 is 19.5 Å². The standard InChI is InChI=1S/C14H16N2O4/c1-16-8-11(7-13(16)18)15-12(17)6-9-3-2-4-10(5-9)14(19)20/h2-5,11H,6-8H2,1H3,(H,15,17)(H,19,20). The predicted molar refractivity (Wildman–Crippen MR) is 71.3 cm³/mol. The van der Waals surface area contributed by atoms with Crippen LogP contribution in [0.3, 0.4) is 0 Å². The molecule has 1 unspecified atom stereocenters. The summed E-state index contributed by atoms with van der Waals surface area (Å²) in [6.45, 7) is 0.514. The van der Waals surface area contributed by atoms with E-state index in [0.29, 0.717) is 18.5 Å². The number of likely N-dealkylation sites (N-methyl/N-ethyl adjacent to an activating group) is 1. The Morgan fingerprint density at radius 1 is 1.45 bits per heavy atom. The molecular weight excluding hydrogens is 260 g/mol. The zero-order valence-electron chi connectivity index (χ0n) is 11.1. The Labute approximate surface area is 116 Å². The normalized spacial score (nSPS) is 18.1. The third-order valence-corrected chi connectivity index (χ3v) is 3.24. The summed E-state index contributed by atoms with van der Waals surface area (Å²) >= 11 is 0. The number of carbonyl (C=O) groups is 3. The van der Waals surface area contributed by atoms with E-state index in [4.69, 9.17) is 5.11 Å². The highest BCUT2D eigenvalue weighted by Crippen LogP contribution is 2.10. The molecule has 1 atom stereocenters. The van der Waals surface area contributed by atoms with Gasteiger partial charge in [0.2, 0.25) is 11.8 Å². The summed E-state index contributed by atoms with van der Waals surface area (Å²) in [5, 5.41) is 11.7. The van der Waals surface area contributed by atoms with E-state index >= 15 is 0 Å². The number of carboxylic acid groups (broad SMARTS) is 1. The van der Waals surface area contributed by atoms with E-state index in [2.05, 4.69) is 5.32 Å². The minimum absolute atomic E-state index is 0.0168. The molecule has 6 heteroatoms. The van der Waals surface area contributed by atoms with Gasteiger partial charge in [0.05, 0.1) is 18.0 Å². The molecule has 20 heavy (non-hydrogen) atoms. The molecule has 1 aromatic rings. The second-order valence-electron chi connectivity index (χ2n) is 4.93. The first-order chi connectivity index (χ1) is 9.45. The molecule has 0 spiro atoms. The molecule has 1 heterocycles. The van der Waals surface area contributed by atoms with Crippen LogP contribution >= 0.6 is 0 Å². The number of likely N-dealkylation sites (tertiary alicyclic amines) is 1. The number of carboxylic acids is 1. The average Bonchev–Trinajstić information content (AvgIpc) is 2.68. The van der Waals surface area contributed by atoms with E-state index in [9.17, 15) is 14.4 Å². The van der Waals surface area contributed by atoms with Gasteiger partial charge >= 0.3 is 5.97 Å². The van der Waals surface area contributed by atoms with Crippen molar-refractivity contribution in [3.8, 4) is 0 Å². The minimum atomic E-state index is -1.02. The van der Waals surface area contributed by atoms with Gasteiger partial charge in [0, 0.05) is 20.0 Å². The summed E-state index contributed by atoms with van der Waals surface area (Å²) in [7, 11) is 1.70. The topological polar surface area (TPSA) is 86.7 Å². The molecule has 1 fully saturated rings. The van der Waals surface area contributed by atoms with Crippen LogP contribution in [0.5, 0.6) is 0 Å². The molecule has 0 radical (unpaired) electrons. The zero-order valence-corrected chi connectivity index (χ0v) is 11.1. The fourth-order valence-corrected chi connectivity index (χ4v) is 2.24. The Kier molecular flexibility index (Phi) is 4.02. The van der Waals surface area contributed by atoms with E-state index in [1.54, 1.807) is 24.1 Å². The van der Waals surface area contributed by atoms with Crippen LogP contribution < -0.4 is 5.32 Å². The van der Waals surface area contributed by atoms with Crippen LogP contribution in [0.4, 0.5) is 0 Å². The van der Waals surface area contributed by atoms with Gasteiger partial charge in [0.25, 0.3) is 0 Å². The van der Waals surface area contributed by atoms with Crippen molar-refractivity contribution in [3.63, 3.8) is 0 Å². The number of rotatable bonds is 4. The smallest absolute Gasteiger partial charge is 0.335 e. The lowest BCUT2D eigenvalue weighted by Gasteiger charge is -2.12. The molecule has 1 aliphatic rings. The number of hydrogen-bond donors (Lipinski definition) is 2. The van der Waals surface area contributed by atoms with Crippen molar-refractivity contribution in [2.24, 2.45) is 0 Å². The number of benzene rings is 1. The maximum Gasteiger partial charge on any atom is 0.335 e. The molecule has 0 bridgehead atoms. The Balaban J connectivity index is 1.93. The Bertz CT molecular complexity index is 556. The molecule has 2 rings (SSSR count). The molecule has 2 amide bonds. The first-order valence-electron chi connectivity index (χ1n) is 6.31. The van der Waals surface area contributed by atoms with E-state index < -0.39 is 5.97 Å². The summed E-state index contributed by atoms with van der Waals surface area (Å²) < 4.78 is 0. The molecule has 1 aromatic carbocycles. The van der Waals surface area contributed by atoms with E-state index in [0.717, 1.165) is 0 Å². The van der Waals surface area contributed by atoms with Gasteiger partial charge in [-0.05, 0) is 17.7 Å². The monoisotopic (exact) mass is 276 g/mol. The van der Waals surface area contributed by atoms with Gasteiger partial charge in [-0.15, -0.1) is 0 Å². The van der Waals surface area contributed by atoms with Crippen LogP contribution in [-0.2, 0) is 16.0 Å². The molecule has 0 aromatic heterocycles. The van der Waals surface area contributed by atoms with Crippen LogP contribution in [0.2, 0.25) is 0 Å². The lowest BCUT2D eigenvalue weighted by Crippen LogP contribution is -2.37. The van der Waals surface area contributed by atoms with Crippen molar-refractivity contribution in [3.05, 3.63) is 35.4 Å². The van der Waals surface area contributed by atoms with Gasteiger partial charge in [0.15, 0.2) is 0 Å². The van der Waals surface area contributed by atoms with Crippen molar-refractivity contribution >= 4 is 17.8 Å². The van der Waals surface area contributed by atoms with Crippen LogP contribution in [0.1, 0.15) is 22.3 Å². The molecule has 1 saturated heterocycles. The number of nitrogens with one attached hydrogen (secondary N) is 1. The number of carbonyl (C=O) groups excluding carboxylic acids is 2. The fraction of sp³-hybridized carbons (Fsp3) is 0.357. The molecule has 0 aliphatic carbocycles. The van der Waals surface area contributed by atoms with Gasteiger partial charge in [-0.1, -0.05) is 12.1 Å². The maximum atomic E-state index is 11.9. The molecule has 6 nitrogen and oxygen atoms in total. The molecular formula is C14H16N2O4. The van der Waals surface area contributed by atoms with Crippen LogP contribution in [-0.4, -0.2) is 47.4 Å². The summed E-state index contributed by atoms with van der Waals surface area (Å²) in [5.74, 6) is -1.21. The Morgan fingerprint density at radius 3 is 2.80 bits per heavy atom. The van der Waals surface area contributed by atoms with Gasteiger partial charge < -0.3 is 15.3 Å². The van der Waals surface area contributed by atoms with Crippen molar-refractivity contribution in [2.45, 2.75) is 18.9 Å². The van der Waals surface area contributed by atoms with Crippen molar-refractivity contribution in [2.75, 3.05) is 13.6 Å². The van der Waals surface area contributed by atoms with Gasteiger partial charge in [-0.3, -0.25) is 9.59 Å². The van der Waals surface area contributed by atoms with Crippen LogP contribution in [0.15, 0.2) is 24.3 Å². The maximum absolute atomic E-state index is 11.9. The first-order valence-corrected chi connectivity index (χ1v) is 6.31. The number of nitrogens with zero attached hydrogens (tertiary/aromatic N) is 1. The molecule has 1 aliphatic heterocycles. The Hall–Kier alpha value is -2.37. The zero-order chi connectivity index (χ0) is 14.7. The van der Waals surface area contributed by atoms with E-state index in [1.807, 2.05) is 0 Å². The van der Waals surface area contributed by atoms with Gasteiger partial charge in [-0.2, -0.15) is 0 Å². The van der Waals surface area contributed by atoms with Crippen molar-refractivity contribution in [1.82, 2.24) is 10.2 Å². The minimum Gasteiger partial charge on any atom is -0.478 e. The molecule has 2 N–H and O–H groups in total. The molecule has 0 saturated carbocycles. The van der Waals surface area contributed by atoms with Gasteiger partial charge in [-0.25, -0.2) is 4.79 Å². The van der Waals surface area contributed by atoms with Gasteiger partial charge in [0.1, 0.15) is 0 Å². The lowest BCUT2D eigenvalue weighted by molar-refractivity contribution is -0.126. The third-order valence-electron chi connectivity index (χ3n) is 3.24. The summed E-state index contributed by atoms with van der Waals surface area (Å²) in [6.07, 6.45) is 0.424. The average molecular weight is 276 g/mol. The largest absolute Gasteiger partial charge is 0.478 e. The van der Waals surface area contributed by atoms with E-state index in [-0.39, 0.29) is 29.8 Å². The third kappa shape index (κ3) is 3.34. The van der Waals surface area contributed by atoms with E-state index in [1.165, 1.54) is 12.1 Å². The first kappa shape index (κ1) is 14.0. The second kappa shape index (κ2) is 5.73. The van der Waals surface area contributed by atoms with Crippen LogP contribution in [0, 0.1) is 0 Å². The predicted octanol–water partition coefficient (Wildman–Crippen LogP) is 0.274. The van der Waals surface area contributed by atoms with Crippen molar-refractivity contribution in [1.29, 1.82) is 0 Å². The highest BCUT2D eigenvalue weighted by molar-refractivity contribution is 5.88. The highest BCUT2D eigenvalue weighted by atomic mass is 16.4. The number of aromatic carboxylic acids is 1. The Morgan fingerprint density at radius 2 is 2.20 bits per heavy atom. The quantitative estimate of drug-likeness (QED) is 0.826. The summed E-state index contributed by atoms with van der Waals surface area (Å²) in [4.78, 5) is 35.7. The number of amides is 2. The number of hydrogen-bond acceptors (Lipinski definition) is 3. The summed E-state index contributed by atoms with van der Waals surface area (Å²) in [5.41, 5.74) is 0.797. The molecule has 106 valence electrons. The lowest BCUT2D eigenvalue weighted by atomic mass is 10.1. The SMILES string of the molecule is CN1CC(NC(=O)Cc2cccc(C(=O)O)c2)CC1=O. The fourth-order valence-electron chi connectivity index (χ4n) is 2.24. The summed E-state index contributed by atoms with van der Waals surface area (Å²) in [6, 6.07) is 6.11. The second-order valence-corrected chi connectivity index (χ2v) is 4.93. The highest BCUT2D eigenvalue weighted by Gasteiger charge is 2.27.